The first kappa shape index (κ1) is 12.3. The summed E-state index contributed by atoms with van der Waals surface area (Å²) in [6.45, 7) is 8.62. The Morgan fingerprint density at radius 1 is 1.53 bits per heavy atom. The third-order valence-corrected chi connectivity index (χ3v) is 2.60. The van der Waals surface area contributed by atoms with Gasteiger partial charge >= 0.3 is 6.09 Å². The van der Waals surface area contributed by atoms with Gasteiger partial charge in [0.15, 0.2) is 0 Å². The molecule has 0 aliphatic carbocycles. The molecule has 0 radical (unpaired) electrons. The zero-order chi connectivity index (χ0) is 11.5. The van der Waals surface area contributed by atoms with Gasteiger partial charge in [-0.3, -0.25) is 0 Å². The van der Waals surface area contributed by atoms with Crippen molar-refractivity contribution in [2.75, 3.05) is 19.6 Å². The number of carboxylic acid groups (broad SMARTS) is 1. The molecule has 4 nitrogen and oxygen atoms in total. The van der Waals surface area contributed by atoms with Crippen molar-refractivity contribution in [2.45, 2.75) is 39.7 Å². The van der Waals surface area contributed by atoms with E-state index in [1.54, 1.807) is 4.90 Å². The molecule has 1 amide bonds. The van der Waals surface area contributed by atoms with Crippen LogP contribution in [0.2, 0.25) is 0 Å². The molecule has 0 spiro atoms. The summed E-state index contributed by atoms with van der Waals surface area (Å²) in [6.07, 6.45) is 1.26. The topological polar surface area (TPSA) is 52.6 Å². The molecule has 0 aromatic carbocycles. The lowest BCUT2D eigenvalue weighted by Gasteiger charge is -2.36. The molecule has 1 fully saturated rings. The van der Waals surface area contributed by atoms with Gasteiger partial charge in [0.25, 0.3) is 0 Å². The van der Waals surface area contributed by atoms with Crippen molar-refractivity contribution in [1.82, 2.24) is 10.2 Å². The van der Waals surface area contributed by atoms with Crippen molar-refractivity contribution >= 4 is 6.09 Å². The van der Waals surface area contributed by atoms with Crippen molar-refractivity contribution in [2.24, 2.45) is 5.41 Å². The fraction of sp³-hybridized carbons (Fsp3) is 0.909. The van der Waals surface area contributed by atoms with Crippen LogP contribution in [0, 0.1) is 5.41 Å². The predicted octanol–water partition coefficient (Wildman–Crippen LogP) is 1.76. The number of hydrogen-bond donors (Lipinski definition) is 2. The van der Waals surface area contributed by atoms with Crippen LogP contribution in [0.1, 0.15) is 33.6 Å². The van der Waals surface area contributed by atoms with Crippen LogP contribution in [0.3, 0.4) is 0 Å². The summed E-state index contributed by atoms with van der Waals surface area (Å²) >= 11 is 0. The quantitative estimate of drug-likeness (QED) is 0.736. The molecule has 4 heteroatoms. The van der Waals surface area contributed by atoms with Gasteiger partial charge in [-0.1, -0.05) is 20.8 Å². The zero-order valence-electron chi connectivity index (χ0n) is 9.92. The van der Waals surface area contributed by atoms with Crippen LogP contribution in [0.25, 0.3) is 0 Å². The fourth-order valence-electron chi connectivity index (χ4n) is 1.96. The summed E-state index contributed by atoms with van der Waals surface area (Å²) < 4.78 is 0. The number of carbonyl (C=O) groups is 1. The van der Waals surface area contributed by atoms with Crippen molar-refractivity contribution in [3.05, 3.63) is 0 Å². The minimum atomic E-state index is -0.793. The first-order chi connectivity index (χ1) is 6.90. The molecule has 1 rings (SSSR count). The predicted molar refractivity (Wildman–Crippen MR) is 60.1 cm³/mol. The molecule has 15 heavy (non-hydrogen) atoms. The van der Waals surface area contributed by atoms with E-state index in [1.165, 1.54) is 0 Å². The Hall–Kier alpha value is -0.770. The number of nitrogens with one attached hydrogen (secondary N) is 1. The van der Waals surface area contributed by atoms with Gasteiger partial charge in [-0.25, -0.2) is 4.79 Å². The third kappa shape index (κ3) is 4.08. The second-order valence-electron chi connectivity index (χ2n) is 5.47. The molecule has 1 saturated heterocycles. The molecule has 1 atom stereocenters. The lowest BCUT2D eigenvalue weighted by molar-refractivity contribution is 0.0930. The number of amides is 1. The van der Waals surface area contributed by atoms with Crippen molar-refractivity contribution in [3.8, 4) is 0 Å². The van der Waals surface area contributed by atoms with Crippen molar-refractivity contribution in [1.29, 1.82) is 0 Å². The average molecular weight is 214 g/mol. The lowest BCUT2D eigenvalue weighted by Crippen LogP contribution is -2.50. The van der Waals surface area contributed by atoms with Gasteiger partial charge in [0.05, 0.1) is 0 Å². The Morgan fingerprint density at radius 2 is 2.20 bits per heavy atom. The summed E-state index contributed by atoms with van der Waals surface area (Å²) in [5, 5.41) is 12.4. The molecule has 0 bridgehead atoms. The summed E-state index contributed by atoms with van der Waals surface area (Å²) in [4.78, 5) is 12.8. The highest BCUT2D eigenvalue weighted by Gasteiger charge is 2.28. The molecule has 0 saturated carbocycles. The van der Waals surface area contributed by atoms with Crippen LogP contribution < -0.4 is 5.32 Å². The Bertz CT molecular complexity index is 217. The normalized spacial score (nSPS) is 22.5. The number of piperidine rings is 1. The average Bonchev–Trinajstić information content (AvgIpc) is 2.14. The highest BCUT2D eigenvalue weighted by molar-refractivity contribution is 5.65. The molecule has 0 unspecified atom stereocenters. The van der Waals surface area contributed by atoms with E-state index in [2.05, 4.69) is 26.1 Å². The monoisotopic (exact) mass is 214 g/mol. The fourth-order valence-corrected chi connectivity index (χ4v) is 1.96. The summed E-state index contributed by atoms with van der Waals surface area (Å²) in [6, 6.07) is 0.149. The van der Waals surface area contributed by atoms with Crippen LogP contribution in [-0.4, -0.2) is 41.8 Å². The van der Waals surface area contributed by atoms with Crippen LogP contribution >= 0.6 is 0 Å². The maximum absolute atomic E-state index is 11.2. The van der Waals surface area contributed by atoms with E-state index in [4.69, 9.17) is 0 Å². The largest absolute Gasteiger partial charge is 0.465 e. The second-order valence-corrected chi connectivity index (χ2v) is 5.47. The van der Waals surface area contributed by atoms with Gasteiger partial charge in [-0.15, -0.1) is 0 Å². The smallest absolute Gasteiger partial charge is 0.407 e. The van der Waals surface area contributed by atoms with Gasteiger partial charge in [0.2, 0.25) is 0 Å². The molecule has 0 aromatic rings. The van der Waals surface area contributed by atoms with Gasteiger partial charge in [0.1, 0.15) is 0 Å². The molecule has 1 aliphatic rings. The van der Waals surface area contributed by atoms with Crippen LogP contribution in [0.15, 0.2) is 0 Å². The number of nitrogens with zero attached hydrogens (tertiary/aromatic N) is 1. The van der Waals surface area contributed by atoms with Gasteiger partial charge < -0.3 is 15.3 Å². The first-order valence-corrected chi connectivity index (χ1v) is 5.60. The van der Waals surface area contributed by atoms with Gasteiger partial charge in [-0.05, 0) is 24.8 Å². The first-order valence-electron chi connectivity index (χ1n) is 5.60. The standard InChI is InChI=1S/C11H22N2O2/c1-11(2,3)8-13(10(14)15)9-5-4-6-12-7-9/h9,12H,4-8H2,1-3H3,(H,14,15)/t9-/m1/s1. The molecule has 1 aliphatic heterocycles. The Balaban J connectivity index is 2.60. The highest BCUT2D eigenvalue weighted by atomic mass is 16.4. The Labute approximate surface area is 91.6 Å². The van der Waals surface area contributed by atoms with Crippen LogP contribution in [-0.2, 0) is 0 Å². The second kappa shape index (κ2) is 4.84. The van der Waals surface area contributed by atoms with E-state index in [0.29, 0.717) is 6.54 Å². The van der Waals surface area contributed by atoms with Gasteiger partial charge in [-0.2, -0.15) is 0 Å². The van der Waals surface area contributed by atoms with Crippen molar-refractivity contribution < 1.29 is 9.90 Å². The molecule has 2 N–H and O–H groups in total. The maximum Gasteiger partial charge on any atom is 0.407 e. The molecular formula is C11H22N2O2. The zero-order valence-corrected chi connectivity index (χ0v) is 9.92. The van der Waals surface area contributed by atoms with Gasteiger partial charge in [0, 0.05) is 19.1 Å². The molecule has 0 aromatic heterocycles. The summed E-state index contributed by atoms with van der Waals surface area (Å²) in [5.41, 5.74) is 0.0236. The maximum atomic E-state index is 11.2. The summed E-state index contributed by atoms with van der Waals surface area (Å²) in [7, 11) is 0. The summed E-state index contributed by atoms with van der Waals surface area (Å²) in [5.74, 6) is 0. The third-order valence-electron chi connectivity index (χ3n) is 2.60. The number of hydrogen-bond acceptors (Lipinski definition) is 2. The van der Waals surface area contributed by atoms with E-state index in [0.717, 1.165) is 25.9 Å². The van der Waals surface area contributed by atoms with E-state index in [1.807, 2.05) is 0 Å². The van der Waals surface area contributed by atoms with E-state index in [9.17, 15) is 9.90 Å². The molecular weight excluding hydrogens is 192 g/mol. The SMILES string of the molecule is CC(C)(C)CN(C(=O)O)[C@@H]1CCCNC1. The minimum absolute atomic E-state index is 0.0236. The lowest BCUT2D eigenvalue weighted by atomic mass is 9.94. The van der Waals surface area contributed by atoms with Crippen LogP contribution in [0.5, 0.6) is 0 Å². The molecule has 88 valence electrons. The van der Waals surface area contributed by atoms with Crippen molar-refractivity contribution in [3.63, 3.8) is 0 Å². The van der Waals surface area contributed by atoms with Crippen LogP contribution in [0.4, 0.5) is 4.79 Å². The number of rotatable bonds is 2. The highest BCUT2D eigenvalue weighted by Crippen LogP contribution is 2.19. The molecule has 1 heterocycles. The van der Waals surface area contributed by atoms with E-state index in [-0.39, 0.29) is 11.5 Å². The van der Waals surface area contributed by atoms with E-state index >= 15 is 0 Å². The minimum Gasteiger partial charge on any atom is -0.465 e. The Morgan fingerprint density at radius 3 is 2.60 bits per heavy atom. The Kier molecular flexibility index (Phi) is 3.97. The van der Waals surface area contributed by atoms with E-state index < -0.39 is 6.09 Å².